The summed E-state index contributed by atoms with van der Waals surface area (Å²) in [7, 11) is 0. The third kappa shape index (κ3) is 2.51. The molecule has 18 heavy (non-hydrogen) atoms. The fourth-order valence-corrected chi connectivity index (χ4v) is 3.47. The van der Waals surface area contributed by atoms with E-state index in [9.17, 15) is 0 Å². The average Bonchev–Trinajstić information content (AvgIpc) is 2.86. The molecule has 0 spiro atoms. The summed E-state index contributed by atoms with van der Waals surface area (Å²) in [6, 6.07) is 12.2. The van der Waals surface area contributed by atoms with Crippen molar-refractivity contribution in [1.29, 1.82) is 0 Å². The number of hydrogen-bond donors (Lipinski definition) is 0. The number of benzene rings is 1. The van der Waals surface area contributed by atoms with Gasteiger partial charge in [0.1, 0.15) is 0 Å². The van der Waals surface area contributed by atoms with Crippen LogP contribution in [0.4, 0.5) is 0 Å². The zero-order valence-electron chi connectivity index (χ0n) is 9.34. The lowest BCUT2D eigenvalue weighted by Crippen LogP contribution is -1.88. The van der Waals surface area contributed by atoms with Crippen molar-refractivity contribution in [3.8, 4) is 0 Å². The van der Waals surface area contributed by atoms with Crippen molar-refractivity contribution in [2.75, 3.05) is 0 Å². The van der Waals surface area contributed by atoms with E-state index in [-0.39, 0.29) is 0 Å². The Morgan fingerprint density at radius 3 is 2.78 bits per heavy atom. The Morgan fingerprint density at radius 1 is 1.11 bits per heavy atom. The second kappa shape index (κ2) is 5.26. The highest BCUT2D eigenvalue weighted by molar-refractivity contribution is 7.98. The molecule has 0 saturated carbocycles. The maximum atomic E-state index is 6.13. The lowest BCUT2D eigenvalue weighted by atomic mass is 10.2. The first-order chi connectivity index (χ1) is 8.83. The Kier molecular flexibility index (Phi) is 3.50. The summed E-state index contributed by atoms with van der Waals surface area (Å²) in [4.78, 5) is 8.81. The smallest absolute Gasteiger partial charge is 0.189 e. The van der Waals surface area contributed by atoms with Gasteiger partial charge in [-0.1, -0.05) is 53.7 Å². The molecule has 0 atom stereocenters. The quantitative estimate of drug-likeness (QED) is 0.400. The third-order valence-electron chi connectivity index (χ3n) is 2.45. The van der Waals surface area contributed by atoms with E-state index in [2.05, 4.69) is 22.1 Å². The van der Waals surface area contributed by atoms with Crippen LogP contribution in [0.2, 0.25) is 5.15 Å². The zero-order chi connectivity index (χ0) is 12.4. The van der Waals surface area contributed by atoms with Gasteiger partial charge in [-0.05, 0) is 17.0 Å². The summed E-state index contributed by atoms with van der Waals surface area (Å²) in [5, 5.41) is 3.26. The number of aromatic nitrogens is 2. The molecule has 0 fully saturated rings. The number of hydrogen-bond acceptors (Lipinski definition) is 4. The molecule has 3 aromatic rings. The van der Waals surface area contributed by atoms with Gasteiger partial charge in [0, 0.05) is 5.75 Å². The lowest BCUT2D eigenvalue weighted by molar-refractivity contribution is 1.01. The molecule has 0 bridgehead atoms. The topological polar surface area (TPSA) is 25.8 Å². The molecule has 0 saturated heterocycles. The van der Waals surface area contributed by atoms with Crippen LogP contribution in [0.5, 0.6) is 0 Å². The Labute approximate surface area is 118 Å². The molecule has 5 heteroatoms. The first-order valence-electron chi connectivity index (χ1n) is 5.40. The molecule has 0 amide bonds. The van der Waals surface area contributed by atoms with Crippen LogP contribution in [-0.2, 0) is 5.75 Å². The zero-order valence-corrected chi connectivity index (χ0v) is 11.7. The molecule has 1 aromatic carbocycles. The molecule has 2 nitrogen and oxygen atoms in total. The molecule has 0 N–H and O–H groups in total. The van der Waals surface area contributed by atoms with E-state index in [0.717, 1.165) is 21.1 Å². The highest BCUT2D eigenvalue weighted by Crippen LogP contribution is 2.29. The summed E-state index contributed by atoms with van der Waals surface area (Å²) >= 11 is 9.31. The van der Waals surface area contributed by atoms with Gasteiger partial charge in [0.05, 0.1) is 10.2 Å². The minimum atomic E-state index is 0.547. The van der Waals surface area contributed by atoms with Gasteiger partial charge >= 0.3 is 0 Å². The lowest BCUT2D eigenvalue weighted by Gasteiger charge is -2.01. The van der Waals surface area contributed by atoms with Crippen LogP contribution in [0.15, 0.2) is 46.9 Å². The molecule has 0 radical (unpaired) electrons. The minimum absolute atomic E-state index is 0.547. The van der Waals surface area contributed by atoms with E-state index in [1.54, 1.807) is 23.1 Å². The van der Waals surface area contributed by atoms with Gasteiger partial charge in [-0.25, -0.2) is 9.97 Å². The van der Waals surface area contributed by atoms with Crippen LogP contribution in [0.3, 0.4) is 0 Å². The van der Waals surface area contributed by atoms with Gasteiger partial charge < -0.3 is 0 Å². The van der Waals surface area contributed by atoms with Gasteiger partial charge in [0.2, 0.25) is 0 Å². The predicted molar refractivity (Wildman–Crippen MR) is 78.4 cm³/mol. The molecule has 2 aromatic heterocycles. The maximum absolute atomic E-state index is 6.13. The highest BCUT2D eigenvalue weighted by atomic mass is 35.5. The van der Waals surface area contributed by atoms with Crippen LogP contribution in [0, 0.1) is 0 Å². The third-order valence-corrected chi connectivity index (χ3v) is 4.67. The molecule has 0 unspecified atom stereocenters. The number of nitrogens with zero attached hydrogens (tertiary/aromatic N) is 2. The summed E-state index contributed by atoms with van der Waals surface area (Å²) in [6.07, 6.45) is 0. The largest absolute Gasteiger partial charge is 0.222 e. The fourth-order valence-electron chi connectivity index (χ4n) is 1.59. The molecule has 0 aliphatic carbocycles. The normalized spacial score (nSPS) is 10.9. The van der Waals surface area contributed by atoms with Crippen molar-refractivity contribution < 1.29 is 0 Å². The summed E-state index contributed by atoms with van der Waals surface area (Å²) in [5.74, 6) is 0.854. The number of thioether (sulfide) groups is 1. The van der Waals surface area contributed by atoms with Crippen LogP contribution >= 0.6 is 34.7 Å². The van der Waals surface area contributed by atoms with Gasteiger partial charge in [-0.2, -0.15) is 0 Å². The average molecular weight is 293 g/mol. The summed E-state index contributed by atoms with van der Waals surface area (Å²) in [6.45, 7) is 0. The fraction of sp³-hybridized carbons (Fsp3) is 0.0769. The van der Waals surface area contributed by atoms with Crippen molar-refractivity contribution in [1.82, 2.24) is 9.97 Å². The van der Waals surface area contributed by atoms with E-state index < -0.39 is 0 Å². The minimum Gasteiger partial charge on any atom is -0.222 e. The number of fused-ring (bicyclic) bond motifs is 1. The van der Waals surface area contributed by atoms with Crippen molar-refractivity contribution in [2.45, 2.75) is 10.9 Å². The van der Waals surface area contributed by atoms with Crippen molar-refractivity contribution >= 4 is 44.9 Å². The Morgan fingerprint density at radius 2 is 1.94 bits per heavy atom. The van der Waals surface area contributed by atoms with Crippen LogP contribution in [0.1, 0.15) is 5.56 Å². The van der Waals surface area contributed by atoms with E-state index in [1.165, 1.54) is 5.56 Å². The summed E-state index contributed by atoms with van der Waals surface area (Å²) in [5.41, 5.74) is 2.18. The summed E-state index contributed by atoms with van der Waals surface area (Å²) < 4.78 is 0.959. The molecular formula is C13H9ClN2S2. The van der Waals surface area contributed by atoms with E-state index >= 15 is 0 Å². The molecule has 0 aliphatic heterocycles. The van der Waals surface area contributed by atoms with E-state index in [0.29, 0.717) is 5.15 Å². The Hall–Kier alpha value is -1.10. The molecule has 2 heterocycles. The number of halogens is 1. The Bertz CT molecular complexity index is 667. The maximum Gasteiger partial charge on any atom is 0.189 e. The number of rotatable bonds is 3. The predicted octanol–water partition coefficient (Wildman–Crippen LogP) is 4.64. The molecule has 0 aliphatic rings. The molecular weight excluding hydrogens is 284 g/mol. The standard InChI is InChI=1S/C13H9ClN2S2/c14-12-11-10(6-7-17-11)15-13(16-12)18-8-9-4-2-1-3-5-9/h1-7H,8H2. The first-order valence-corrected chi connectivity index (χ1v) is 7.65. The monoisotopic (exact) mass is 292 g/mol. The first kappa shape index (κ1) is 12.0. The van der Waals surface area contributed by atoms with Gasteiger partial charge in [-0.15, -0.1) is 11.3 Å². The van der Waals surface area contributed by atoms with Crippen LogP contribution in [-0.4, -0.2) is 9.97 Å². The van der Waals surface area contributed by atoms with E-state index in [1.807, 2.05) is 29.6 Å². The van der Waals surface area contributed by atoms with Gasteiger partial charge in [-0.3, -0.25) is 0 Å². The second-order valence-corrected chi connectivity index (χ2v) is 5.92. The van der Waals surface area contributed by atoms with Crippen molar-refractivity contribution in [3.63, 3.8) is 0 Å². The Balaban J connectivity index is 1.82. The van der Waals surface area contributed by atoms with Gasteiger partial charge in [0.25, 0.3) is 0 Å². The molecule has 90 valence electrons. The van der Waals surface area contributed by atoms with Crippen LogP contribution < -0.4 is 0 Å². The second-order valence-electron chi connectivity index (χ2n) is 3.71. The van der Waals surface area contributed by atoms with Crippen molar-refractivity contribution in [2.24, 2.45) is 0 Å². The van der Waals surface area contributed by atoms with Crippen LogP contribution in [0.25, 0.3) is 10.2 Å². The van der Waals surface area contributed by atoms with E-state index in [4.69, 9.17) is 11.6 Å². The van der Waals surface area contributed by atoms with Gasteiger partial charge in [0.15, 0.2) is 10.3 Å². The SMILES string of the molecule is Clc1nc(SCc2ccccc2)nc2ccsc12. The number of thiophene rings is 1. The molecule has 3 rings (SSSR count). The highest BCUT2D eigenvalue weighted by Gasteiger charge is 2.07. The van der Waals surface area contributed by atoms with Crippen molar-refractivity contribution in [3.05, 3.63) is 52.5 Å².